The summed E-state index contributed by atoms with van der Waals surface area (Å²) in [6.07, 6.45) is 2.81. The molecule has 21 heavy (non-hydrogen) atoms. The average molecular weight is 313 g/mol. The summed E-state index contributed by atoms with van der Waals surface area (Å²) in [4.78, 5) is 0.179. The summed E-state index contributed by atoms with van der Waals surface area (Å²) < 4.78 is 39.7. The van der Waals surface area contributed by atoms with Gasteiger partial charge in [0.15, 0.2) is 0 Å². The van der Waals surface area contributed by atoms with Gasteiger partial charge < -0.3 is 0 Å². The lowest BCUT2D eigenvalue weighted by molar-refractivity contribution is 0.217. The Labute approximate surface area is 127 Å². The van der Waals surface area contributed by atoms with E-state index in [0.717, 1.165) is 19.3 Å². The van der Waals surface area contributed by atoms with Gasteiger partial charge in [-0.3, -0.25) is 0 Å². The van der Waals surface area contributed by atoms with Crippen molar-refractivity contribution in [2.24, 2.45) is 11.3 Å². The zero-order valence-corrected chi connectivity index (χ0v) is 13.8. The molecule has 1 atom stereocenters. The van der Waals surface area contributed by atoms with Crippen LogP contribution in [0.2, 0.25) is 0 Å². The summed E-state index contributed by atoms with van der Waals surface area (Å²) in [5, 5.41) is 0. The van der Waals surface area contributed by atoms with Crippen molar-refractivity contribution in [3.8, 4) is 0 Å². The molecule has 0 N–H and O–H groups in total. The predicted octanol–water partition coefficient (Wildman–Crippen LogP) is 3.66. The molecule has 1 aliphatic rings. The average Bonchev–Trinajstić information content (AvgIpc) is 2.64. The first-order valence-electron chi connectivity index (χ1n) is 7.47. The molecule has 1 fully saturated rings. The van der Waals surface area contributed by atoms with E-state index in [9.17, 15) is 12.8 Å². The van der Waals surface area contributed by atoms with E-state index in [0.29, 0.717) is 19.0 Å². The predicted molar refractivity (Wildman–Crippen MR) is 82.0 cm³/mol. The van der Waals surface area contributed by atoms with Crippen molar-refractivity contribution in [2.75, 3.05) is 13.1 Å². The van der Waals surface area contributed by atoms with Gasteiger partial charge in [-0.15, -0.1) is 0 Å². The fourth-order valence-electron chi connectivity index (χ4n) is 2.93. The molecular formula is C16H24FNO2S. The summed E-state index contributed by atoms with van der Waals surface area (Å²) in [6, 6.07) is 5.08. The smallest absolute Gasteiger partial charge is 0.207 e. The van der Waals surface area contributed by atoms with Gasteiger partial charge in [0.1, 0.15) is 5.82 Å². The summed E-state index contributed by atoms with van der Waals surface area (Å²) in [5.41, 5.74) is 0.204. The number of nitrogens with zero attached hydrogens (tertiary/aromatic N) is 1. The molecule has 1 aromatic rings. The van der Waals surface area contributed by atoms with Crippen LogP contribution in [0.25, 0.3) is 0 Å². The Bertz CT molecular complexity index is 575. The molecule has 1 saturated heterocycles. The van der Waals surface area contributed by atoms with Gasteiger partial charge in [0.05, 0.1) is 4.90 Å². The molecular weight excluding hydrogens is 289 g/mol. The van der Waals surface area contributed by atoms with E-state index in [1.807, 2.05) is 0 Å². The van der Waals surface area contributed by atoms with Gasteiger partial charge in [-0.05, 0) is 54.9 Å². The second-order valence-corrected chi connectivity index (χ2v) is 8.79. The summed E-state index contributed by atoms with van der Waals surface area (Å²) in [7, 11) is -3.50. The van der Waals surface area contributed by atoms with E-state index < -0.39 is 15.8 Å². The van der Waals surface area contributed by atoms with E-state index in [4.69, 9.17) is 0 Å². The van der Waals surface area contributed by atoms with Gasteiger partial charge >= 0.3 is 0 Å². The topological polar surface area (TPSA) is 37.4 Å². The molecule has 1 aromatic carbocycles. The highest BCUT2D eigenvalue weighted by Gasteiger charge is 2.31. The number of halogens is 1. The normalized spacial score (nSPS) is 22.0. The molecule has 0 radical (unpaired) electrons. The van der Waals surface area contributed by atoms with Crippen molar-refractivity contribution in [3.05, 3.63) is 30.1 Å². The first-order valence-corrected chi connectivity index (χ1v) is 8.91. The van der Waals surface area contributed by atoms with Gasteiger partial charge in [0.25, 0.3) is 0 Å². The minimum atomic E-state index is -3.50. The standard InChI is InChI=1S/C16H24FNO2S/c1-16(2,3)13-5-4-11-18(12-10-13)21(19,20)15-8-6-14(17)7-9-15/h6-9,13H,4-5,10-12H2,1-3H3. The summed E-state index contributed by atoms with van der Waals surface area (Å²) >= 11 is 0. The van der Waals surface area contributed by atoms with Crippen molar-refractivity contribution in [3.63, 3.8) is 0 Å². The second kappa shape index (κ2) is 6.05. The van der Waals surface area contributed by atoms with Gasteiger partial charge in [0, 0.05) is 13.1 Å². The van der Waals surface area contributed by atoms with Crippen molar-refractivity contribution < 1.29 is 12.8 Å². The van der Waals surface area contributed by atoms with E-state index in [2.05, 4.69) is 20.8 Å². The van der Waals surface area contributed by atoms with Crippen LogP contribution in [0.15, 0.2) is 29.2 Å². The third-order valence-electron chi connectivity index (χ3n) is 4.36. The number of sulfonamides is 1. The lowest BCUT2D eigenvalue weighted by atomic mass is 9.77. The number of benzene rings is 1. The molecule has 0 saturated carbocycles. The van der Waals surface area contributed by atoms with Crippen molar-refractivity contribution >= 4 is 10.0 Å². The second-order valence-electron chi connectivity index (χ2n) is 6.85. The SMILES string of the molecule is CC(C)(C)C1CCCN(S(=O)(=O)c2ccc(F)cc2)CC1. The lowest BCUT2D eigenvalue weighted by Gasteiger charge is -2.29. The molecule has 0 aliphatic carbocycles. The first-order chi connectivity index (χ1) is 9.71. The molecule has 2 rings (SSSR count). The zero-order chi connectivity index (χ0) is 15.7. The fourth-order valence-corrected chi connectivity index (χ4v) is 4.43. The van der Waals surface area contributed by atoms with Crippen molar-refractivity contribution in [2.45, 2.75) is 44.9 Å². The van der Waals surface area contributed by atoms with Crippen LogP contribution in [0, 0.1) is 17.2 Å². The van der Waals surface area contributed by atoms with Crippen LogP contribution in [-0.4, -0.2) is 25.8 Å². The largest absolute Gasteiger partial charge is 0.243 e. The molecule has 3 nitrogen and oxygen atoms in total. The third-order valence-corrected chi connectivity index (χ3v) is 6.28. The Kier molecular flexibility index (Phi) is 4.73. The first kappa shape index (κ1) is 16.4. The molecule has 1 heterocycles. The Hall–Kier alpha value is -0.940. The van der Waals surface area contributed by atoms with Gasteiger partial charge in [-0.25, -0.2) is 12.8 Å². The van der Waals surface area contributed by atoms with Crippen molar-refractivity contribution in [1.29, 1.82) is 0 Å². The van der Waals surface area contributed by atoms with Crippen molar-refractivity contribution in [1.82, 2.24) is 4.31 Å². The van der Waals surface area contributed by atoms with E-state index in [-0.39, 0.29) is 10.3 Å². The van der Waals surface area contributed by atoms with Gasteiger partial charge in [-0.1, -0.05) is 20.8 Å². The Morgan fingerprint density at radius 1 is 1.10 bits per heavy atom. The van der Waals surface area contributed by atoms with Crippen LogP contribution >= 0.6 is 0 Å². The maximum atomic E-state index is 13.0. The van der Waals surface area contributed by atoms with Crippen LogP contribution in [0.3, 0.4) is 0 Å². The third kappa shape index (κ3) is 3.83. The highest BCUT2D eigenvalue weighted by molar-refractivity contribution is 7.89. The van der Waals surface area contributed by atoms with Gasteiger partial charge in [-0.2, -0.15) is 4.31 Å². The van der Waals surface area contributed by atoms with Crippen LogP contribution in [0.4, 0.5) is 4.39 Å². The lowest BCUT2D eigenvalue weighted by Crippen LogP contribution is -2.32. The van der Waals surface area contributed by atoms with E-state index in [1.54, 1.807) is 4.31 Å². The highest BCUT2D eigenvalue weighted by atomic mass is 32.2. The number of rotatable bonds is 2. The maximum absolute atomic E-state index is 13.0. The molecule has 0 aromatic heterocycles. The molecule has 0 spiro atoms. The molecule has 1 unspecified atom stereocenters. The highest BCUT2D eigenvalue weighted by Crippen LogP contribution is 2.35. The van der Waals surface area contributed by atoms with Crippen LogP contribution in [0.1, 0.15) is 40.0 Å². The number of hydrogen-bond acceptors (Lipinski definition) is 2. The molecule has 0 amide bonds. The van der Waals surface area contributed by atoms with Crippen LogP contribution in [-0.2, 0) is 10.0 Å². The van der Waals surface area contributed by atoms with E-state index >= 15 is 0 Å². The Balaban J connectivity index is 2.16. The molecule has 118 valence electrons. The minimum absolute atomic E-state index is 0.179. The van der Waals surface area contributed by atoms with Crippen LogP contribution in [0.5, 0.6) is 0 Å². The van der Waals surface area contributed by atoms with E-state index in [1.165, 1.54) is 24.3 Å². The quantitative estimate of drug-likeness (QED) is 0.835. The fraction of sp³-hybridized carbons (Fsp3) is 0.625. The maximum Gasteiger partial charge on any atom is 0.243 e. The molecule has 0 bridgehead atoms. The molecule has 1 aliphatic heterocycles. The molecule has 5 heteroatoms. The monoisotopic (exact) mass is 313 g/mol. The zero-order valence-electron chi connectivity index (χ0n) is 13.0. The van der Waals surface area contributed by atoms with Crippen LogP contribution < -0.4 is 0 Å². The Morgan fingerprint density at radius 2 is 1.71 bits per heavy atom. The summed E-state index contributed by atoms with van der Waals surface area (Å²) in [6.45, 7) is 7.72. The number of hydrogen-bond donors (Lipinski definition) is 0. The van der Waals surface area contributed by atoms with Gasteiger partial charge in [0.2, 0.25) is 10.0 Å². The summed E-state index contributed by atoms with van der Waals surface area (Å²) in [5.74, 6) is 0.114. The minimum Gasteiger partial charge on any atom is -0.207 e. The Morgan fingerprint density at radius 3 is 2.29 bits per heavy atom.